The molecular weight excluding hydrogens is 788 g/mol. The lowest BCUT2D eigenvalue weighted by Crippen LogP contribution is -2.53. The highest BCUT2D eigenvalue weighted by Crippen LogP contribution is 2.65. The third-order valence-corrected chi connectivity index (χ3v) is 12.8. The van der Waals surface area contributed by atoms with Gasteiger partial charge in [0, 0.05) is 16.0 Å². The summed E-state index contributed by atoms with van der Waals surface area (Å²) in [4.78, 5) is 60.4. The summed E-state index contributed by atoms with van der Waals surface area (Å²) >= 11 is 25.8. The number of nitrogens with one attached hydrogen (secondary N) is 1. The number of phenols is 1. The molecule has 2 heterocycles. The van der Waals surface area contributed by atoms with Crippen LogP contribution in [-0.2, 0) is 24.6 Å². The van der Waals surface area contributed by atoms with Crippen molar-refractivity contribution in [3.63, 3.8) is 0 Å². The number of hydrazine groups is 1. The Kier molecular flexibility index (Phi) is 9.32. The largest absolute Gasteiger partial charge is 0.503 e. The van der Waals surface area contributed by atoms with Crippen molar-refractivity contribution in [2.75, 3.05) is 24.5 Å². The number of amides is 4. The first-order valence-electron chi connectivity index (χ1n) is 17.5. The topological polar surface area (TPSA) is 125 Å². The average Bonchev–Trinajstić information content (AvgIpc) is 3.55. The number of halogens is 4. The second-order valence-corrected chi connectivity index (χ2v) is 15.9. The van der Waals surface area contributed by atoms with Crippen LogP contribution in [0.4, 0.5) is 11.4 Å². The van der Waals surface area contributed by atoms with Crippen molar-refractivity contribution in [3.05, 3.63) is 121 Å². The molecule has 3 fully saturated rings. The van der Waals surface area contributed by atoms with Gasteiger partial charge < -0.3 is 14.6 Å². The summed E-state index contributed by atoms with van der Waals surface area (Å²) in [5.74, 6) is -5.88. The first-order valence-corrected chi connectivity index (χ1v) is 19.0. The summed E-state index contributed by atoms with van der Waals surface area (Å²) in [5.41, 5.74) is 4.41. The summed E-state index contributed by atoms with van der Waals surface area (Å²) in [5, 5.41) is 12.7. The smallest absolute Gasteiger partial charge is 0.260 e. The highest BCUT2D eigenvalue weighted by Gasteiger charge is 2.70. The normalized spacial score (nSPS) is 25.7. The fourth-order valence-corrected chi connectivity index (χ4v) is 9.95. The number of hydrogen-bond acceptors (Lipinski definition) is 8. The van der Waals surface area contributed by atoms with Crippen LogP contribution < -0.4 is 19.8 Å². The molecule has 6 atom stereocenters. The highest BCUT2D eigenvalue weighted by molar-refractivity contribution is 6.36. The minimum Gasteiger partial charge on any atom is -0.503 e. The van der Waals surface area contributed by atoms with Gasteiger partial charge in [-0.05, 0) is 97.0 Å². The van der Waals surface area contributed by atoms with Gasteiger partial charge in [-0.1, -0.05) is 76.3 Å². The molecule has 4 aromatic carbocycles. The van der Waals surface area contributed by atoms with Gasteiger partial charge >= 0.3 is 0 Å². The minimum absolute atomic E-state index is 0.0403. The number of hydrogen-bond donors (Lipinski definition) is 2. The molecule has 10 nitrogen and oxygen atoms in total. The predicted octanol–water partition coefficient (Wildman–Crippen LogP) is 8.52. The number of nitrogens with zero attached hydrogens (tertiary/aromatic N) is 2. The lowest BCUT2D eigenvalue weighted by atomic mass is 9.49. The van der Waals surface area contributed by atoms with Crippen LogP contribution in [0.25, 0.3) is 0 Å². The molecule has 8 rings (SSSR count). The van der Waals surface area contributed by atoms with Crippen molar-refractivity contribution >= 4 is 81.4 Å². The summed E-state index contributed by atoms with van der Waals surface area (Å²) in [6.45, 7) is 1.83. The van der Waals surface area contributed by atoms with E-state index in [0.717, 1.165) is 10.6 Å². The van der Waals surface area contributed by atoms with E-state index in [4.69, 9.17) is 55.9 Å². The van der Waals surface area contributed by atoms with E-state index in [1.54, 1.807) is 66.7 Å². The third kappa shape index (κ3) is 5.59. The molecule has 1 saturated carbocycles. The molecule has 0 bridgehead atoms. The summed E-state index contributed by atoms with van der Waals surface area (Å²) in [7, 11) is 2.91. The molecular formula is C41H33Cl4N3O7. The number of imide groups is 2. The number of anilines is 2. The standard InChI is InChI=1S/C41H33Cl4N3O7/c1-19-4-8-23(17-29(19)43)47-37(50)26-12-11-25-27(34(26)39(47)52)18-28-38(51)48(46-32-13-7-22(42)16-30(32)44)40(53)41(28,21-5-9-24(54-2)10-6-21)35(25)20-14-31(45)36(49)33(15-20)55-3/h4-11,13-17,26-28,34-35,46,49H,12,18H2,1-3H3. The van der Waals surface area contributed by atoms with E-state index in [2.05, 4.69) is 5.43 Å². The number of ether oxygens (including phenoxy) is 2. The fraction of sp³-hybridized carbons (Fsp3) is 0.268. The van der Waals surface area contributed by atoms with Crippen LogP contribution in [0.15, 0.2) is 84.4 Å². The Labute approximate surface area is 336 Å². The number of carbonyl (C=O) groups excluding carboxylic acids is 4. The molecule has 0 radical (unpaired) electrons. The van der Waals surface area contributed by atoms with Crippen LogP contribution in [0.2, 0.25) is 20.1 Å². The highest BCUT2D eigenvalue weighted by atomic mass is 35.5. The Bertz CT molecular complexity index is 2350. The zero-order valence-electron chi connectivity index (χ0n) is 29.6. The monoisotopic (exact) mass is 819 g/mol. The van der Waals surface area contributed by atoms with Gasteiger partial charge in [0.05, 0.1) is 58.8 Å². The third-order valence-electron chi connectivity index (χ3n) is 11.6. The van der Waals surface area contributed by atoms with Crippen molar-refractivity contribution < 1.29 is 33.8 Å². The molecule has 2 aliphatic carbocycles. The number of benzene rings is 4. The van der Waals surface area contributed by atoms with Gasteiger partial charge in [0.25, 0.3) is 11.8 Å². The molecule has 55 heavy (non-hydrogen) atoms. The number of methoxy groups -OCH3 is 2. The fourth-order valence-electron chi connectivity index (χ4n) is 9.11. The van der Waals surface area contributed by atoms with E-state index in [0.29, 0.717) is 38.2 Å². The SMILES string of the molecule is COc1ccc(C23C(=O)N(Nc4ccc(Cl)cc4Cl)C(=O)C2CC2C(=CCC4C(=O)N(c5ccc(C)c(Cl)c5)C(=O)C42)C3c2cc(Cl)c(O)c(OC)c2)cc1. The molecule has 14 heteroatoms. The van der Waals surface area contributed by atoms with Crippen molar-refractivity contribution in [1.82, 2.24) is 5.01 Å². The van der Waals surface area contributed by atoms with Gasteiger partial charge in [-0.3, -0.25) is 24.6 Å². The van der Waals surface area contributed by atoms with Crippen LogP contribution >= 0.6 is 46.4 Å². The molecule has 282 valence electrons. The van der Waals surface area contributed by atoms with E-state index in [1.165, 1.54) is 25.2 Å². The van der Waals surface area contributed by atoms with Crippen LogP contribution in [-0.4, -0.2) is 48.0 Å². The Morgan fingerprint density at radius 1 is 0.800 bits per heavy atom. The number of allylic oxidation sites excluding steroid dienone is 2. The number of phenolic OH excluding ortho intramolecular Hbond substituents is 1. The van der Waals surface area contributed by atoms with Crippen molar-refractivity contribution in [3.8, 4) is 17.2 Å². The maximum atomic E-state index is 15.5. The van der Waals surface area contributed by atoms with Gasteiger partial charge in [-0.2, -0.15) is 5.01 Å². The summed E-state index contributed by atoms with van der Waals surface area (Å²) < 4.78 is 11.0. The van der Waals surface area contributed by atoms with Gasteiger partial charge in [0.1, 0.15) is 5.75 Å². The summed E-state index contributed by atoms with van der Waals surface area (Å²) in [6.07, 6.45) is 2.17. The lowest BCUT2D eigenvalue weighted by Gasteiger charge is -2.50. The maximum Gasteiger partial charge on any atom is 0.260 e. The second kappa shape index (κ2) is 13.8. The van der Waals surface area contributed by atoms with E-state index in [9.17, 15) is 19.5 Å². The molecule has 2 N–H and O–H groups in total. The van der Waals surface area contributed by atoms with Gasteiger partial charge in [0.15, 0.2) is 11.5 Å². The Balaban J connectivity index is 1.35. The molecule has 0 aromatic heterocycles. The average molecular weight is 822 g/mol. The maximum absolute atomic E-state index is 15.5. The minimum atomic E-state index is -1.63. The quantitative estimate of drug-likeness (QED) is 0.141. The zero-order valence-corrected chi connectivity index (χ0v) is 32.6. The van der Waals surface area contributed by atoms with Gasteiger partial charge in [-0.15, -0.1) is 0 Å². The second-order valence-electron chi connectivity index (χ2n) is 14.2. The van der Waals surface area contributed by atoms with E-state index < -0.39 is 52.7 Å². The van der Waals surface area contributed by atoms with Gasteiger partial charge in [0.2, 0.25) is 11.8 Å². The molecule has 4 amide bonds. The first-order chi connectivity index (χ1) is 26.3. The number of fused-ring (bicyclic) bond motifs is 4. The Hall–Kier alpha value is -4.74. The number of aryl methyl sites for hydroxylation is 1. The van der Waals surface area contributed by atoms with Crippen molar-refractivity contribution in [2.24, 2.45) is 23.7 Å². The molecule has 4 aromatic rings. The van der Waals surface area contributed by atoms with E-state index in [1.807, 2.05) is 13.0 Å². The Morgan fingerprint density at radius 3 is 2.22 bits per heavy atom. The van der Waals surface area contributed by atoms with Crippen LogP contribution in [0.1, 0.15) is 35.4 Å². The van der Waals surface area contributed by atoms with Crippen LogP contribution in [0.3, 0.4) is 0 Å². The number of carbonyl (C=O) groups is 4. The van der Waals surface area contributed by atoms with Crippen molar-refractivity contribution in [1.29, 1.82) is 0 Å². The van der Waals surface area contributed by atoms with E-state index >= 15 is 4.79 Å². The first kappa shape index (κ1) is 37.2. The summed E-state index contributed by atoms with van der Waals surface area (Å²) in [6, 6.07) is 19.8. The zero-order chi connectivity index (χ0) is 39.1. The molecule has 2 saturated heterocycles. The van der Waals surface area contributed by atoms with Crippen LogP contribution in [0, 0.1) is 30.6 Å². The van der Waals surface area contributed by atoms with Crippen LogP contribution in [0.5, 0.6) is 17.2 Å². The lowest BCUT2D eigenvalue weighted by molar-refractivity contribution is -0.138. The van der Waals surface area contributed by atoms with Gasteiger partial charge in [-0.25, -0.2) is 4.90 Å². The molecule has 6 unspecified atom stereocenters. The number of aromatic hydroxyl groups is 1. The molecule has 0 spiro atoms. The predicted molar refractivity (Wildman–Crippen MR) is 209 cm³/mol. The Morgan fingerprint density at radius 2 is 1.55 bits per heavy atom. The van der Waals surface area contributed by atoms with Crippen molar-refractivity contribution in [2.45, 2.75) is 31.1 Å². The molecule has 2 aliphatic heterocycles. The number of rotatable bonds is 7. The van der Waals surface area contributed by atoms with E-state index in [-0.39, 0.29) is 46.0 Å². The molecule has 4 aliphatic rings.